The van der Waals surface area contributed by atoms with Crippen LogP contribution < -0.4 is 50.9 Å². The number of ether oxygens (including phenoxy) is 1. The van der Waals surface area contributed by atoms with E-state index in [1.807, 2.05) is 36.4 Å². The van der Waals surface area contributed by atoms with Gasteiger partial charge in [-0.2, -0.15) is 17.1 Å². The molecule has 0 spiro atoms. The predicted octanol–water partition coefficient (Wildman–Crippen LogP) is 4.91. The van der Waals surface area contributed by atoms with Crippen molar-refractivity contribution in [3.8, 4) is 51.0 Å². The van der Waals surface area contributed by atoms with Crippen molar-refractivity contribution in [3.63, 3.8) is 0 Å². The zero-order valence-corrected chi connectivity index (χ0v) is 39.9. The maximum absolute atomic E-state index is 8.25. The van der Waals surface area contributed by atoms with Crippen LogP contribution in [0.15, 0.2) is 119 Å². The minimum atomic E-state index is -0.447. The average molecular weight is 891 g/mol. The molecule has 18 heteroatoms. The van der Waals surface area contributed by atoms with Crippen molar-refractivity contribution >= 4 is 23.5 Å². The van der Waals surface area contributed by atoms with E-state index in [-0.39, 0.29) is 53.3 Å². The zero-order chi connectivity index (χ0) is 45.3. The van der Waals surface area contributed by atoms with Crippen LogP contribution in [0.5, 0.6) is 5.88 Å². The third-order valence-corrected chi connectivity index (χ3v) is 11.5. The summed E-state index contributed by atoms with van der Waals surface area (Å²) in [5.41, 5.74) is 17.7. The molecule has 0 aliphatic rings. The molecule has 16 nitrogen and oxygen atoms in total. The number of pyridine rings is 2. The summed E-state index contributed by atoms with van der Waals surface area (Å²) in [6.07, 6.45) is 10.1. The van der Waals surface area contributed by atoms with E-state index in [9.17, 15) is 0 Å². The number of nitrogen functional groups attached to an aromatic ring is 2. The Morgan fingerprint density at radius 2 is 0.891 bits per heavy atom. The molecule has 2 aromatic carbocycles. The first-order valence-corrected chi connectivity index (χ1v) is 20.3. The van der Waals surface area contributed by atoms with Gasteiger partial charge in [-0.15, -0.1) is 0 Å². The molecular weight excluding hydrogens is 843 g/mol. The van der Waals surface area contributed by atoms with Gasteiger partial charge in [-0.3, -0.25) is 0 Å². The molecule has 8 rings (SSSR count). The molecule has 64 heavy (non-hydrogen) atoms. The van der Waals surface area contributed by atoms with Crippen molar-refractivity contribution in [1.29, 1.82) is 0 Å². The second kappa shape index (κ2) is 21.5. The molecule has 0 radical (unpaired) electrons. The van der Waals surface area contributed by atoms with Gasteiger partial charge in [-0.05, 0) is 66.1 Å². The fraction of sp³-hybridized carbons (Fsp3) is 0.261. The summed E-state index contributed by atoms with van der Waals surface area (Å²) in [4.78, 5) is 33.9. The first-order valence-electron chi connectivity index (χ1n) is 19.9. The SMILES string of the molecule is CC(C)C(C)(c1ccc(-c2cnc(N)nc2)cc1)c1noc(-c2ccc(Cl)nc2)n1.COc1ccc(-c2nc(C(C)(c3ccc(-c4cnc(N)nc4)cc3)C(C)C)no2)cn1.C[O-].[Na+]. The van der Waals surface area contributed by atoms with Gasteiger partial charge < -0.3 is 30.4 Å². The third kappa shape index (κ3) is 10.6. The van der Waals surface area contributed by atoms with Crippen LogP contribution in [0, 0.1) is 11.8 Å². The quantitative estimate of drug-likeness (QED) is 0.130. The monoisotopic (exact) mass is 890 g/mol. The fourth-order valence-corrected chi connectivity index (χ4v) is 6.78. The van der Waals surface area contributed by atoms with E-state index in [1.165, 1.54) is 0 Å². The largest absolute Gasteiger partial charge is 1.00 e. The normalized spacial score (nSPS) is 12.8. The number of anilines is 2. The number of hydrogen-bond acceptors (Lipinski definition) is 16. The van der Waals surface area contributed by atoms with Crippen molar-refractivity contribution in [3.05, 3.63) is 138 Å². The van der Waals surface area contributed by atoms with Gasteiger partial charge in [-0.25, -0.2) is 29.9 Å². The van der Waals surface area contributed by atoms with Crippen molar-refractivity contribution in [2.45, 2.75) is 52.4 Å². The molecule has 2 atom stereocenters. The van der Waals surface area contributed by atoms with Gasteiger partial charge in [0, 0.05) is 54.4 Å². The number of aromatic nitrogens is 10. The van der Waals surface area contributed by atoms with Gasteiger partial charge in [-0.1, -0.05) is 98.1 Å². The van der Waals surface area contributed by atoms with Crippen molar-refractivity contribution in [1.82, 2.24) is 50.2 Å². The van der Waals surface area contributed by atoms with E-state index >= 15 is 0 Å². The third-order valence-electron chi connectivity index (χ3n) is 11.2. The van der Waals surface area contributed by atoms with Gasteiger partial charge in [0.15, 0.2) is 11.6 Å². The summed E-state index contributed by atoms with van der Waals surface area (Å²) in [5, 5.41) is 17.3. The topological polar surface area (TPSA) is 240 Å². The van der Waals surface area contributed by atoms with Gasteiger partial charge >= 0.3 is 29.6 Å². The number of rotatable bonds is 11. The predicted molar refractivity (Wildman–Crippen MR) is 239 cm³/mol. The van der Waals surface area contributed by atoms with Crippen LogP contribution >= 0.6 is 11.6 Å². The Balaban J connectivity index is 0.000000229. The van der Waals surface area contributed by atoms with Crippen LogP contribution in [0.2, 0.25) is 5.15 Å². The van der Waals surface area contributed by atoms with Crippen LogP contribution in [0.3, 0.4) is 0 Å². The van der Waals surface area contributed by atoms with E-state index in [4.69, 9.17) is 46.9 Å². The minimum absolute atomic E-state index is 0. The van der Waals surface area contributed by atoms with E-state index in [1.54, 1.807) is 56.4 Å². The molecule has 324 valence electrons. The van der Waals surface area contributed by atoms with Crippen molar-refractivity contribution in [2.75, 3.05) is 25.7 Å². The van der Waals surface area contributed by atoms with Gasteiger partial charge in [0.1, 0.15) is 5.15 Å². The van der Waals surface area contributed by atoms with Crippen molar-refractivity contribution < 1.29 is 48.4 Å². The maximum Gasteiger partial charge on any atom is 1.00 e. The Kier molecular flexibility index (Phi) is 16.4. The summed E-state index contributed by atoms with van der Waals surface area (Å²) < 4.78 is 16.2. The summed E-state index contributed by atoms with van der Waals surface area (Å²) in [6, 6.07) is 23.6. The molecule has 0 saturated heterocycles. The Morgan fingerprint density at radius 3 is 1.22 bits per heavy atom. The number of hydrogen-bond donors (Lipinski definition) is 2. The smallest absolute Gasteiger partial charge is 0.857 e. The number of halogens is 1. The average Bonchev–Trinajstić information content (AvgIpc) is 4.03. The summed E-state index contributed by atoms with van der Waals surface area (Å²) in [6.45, 7) is 12.8. The van der Waals surface area contributed by atoms with E-state index in [0.717, 1.165) is 51.6 Å². The molecule has 2 unspecified atom stereocenters. The van der Waals surface area contributed by atoms with Gasteiger partial charge in [0.05, 0.1) is 29.1 Å². The minimum Gasteiger partial charge on any atom is -0.857 e. The Bertz CT molecular complexity index is 2680. The Morgan fingerprint density at radius 1 is 0.531 bits per heavy atom. The molecule has 0 saturated carbocycles. The molecule has 0 fully saturated rings. The molecule has 0 aliphatic heterocycles. The van der Waals surface area contributed by atoms with Crippen LogP contribution in [-0.4, -0.2) is 64.4 Å². The Labute approximate surface area is 398 Å². The van der Waals surface area contributed by atoms with E-state index in [0.29, 0.717) is 34.5 Å². The molecule has 0 aliphatic carbocycles. The summed E-state index contributed by atoms with van der Waals surface area (Å²) >= 11 is 5.87. The summed E-state index contributed by atoms with van der Waals surface area (Å²) in [7, 11) is 2.33. The van der Waals surface area contributed by atoms with Crippen LogP contribution in [-0.2, 0) is 10.8 Å². The van der Waals surface area contributed by atoms with Crippen LogP contribution in [0.1, 0.15) is 64.3 Å². The number of benzene rings is 2. The molecule has 6 heterocycles. The van der Waals surface area contributed by atoms with E-state index in [2.05, 4.69) is 111 Å². The molecular formula is C46H48ClN12NaO4. The van der Waals surface area contributed by atoms with Gasteiger partial charge in [0.2, 0.25) is 17.8 Å². The number of methoxy groups -OCH3 is 1. The van der Waals surface area contributed by atoms with E-state index < -0.39 is 10.8 Å². The zero-order valence-electron chi connectivity index (χ0n) is 37.2. The molecule has 0 bridgehead atoms. The molecule has 8 aromatic rings. The maximum atomic E-state index is 8.25. The van der Waals surface area contributed by atoms with Crippen LogP contribution in [0.25, 0.3) is 45.2 Å². The van der Waals surface area contributed by atoms with Gasteiger partial charge in [0.25, 0.3) is 11.8 Å². The fourth-order valence-electron chi connectivity index (χ4n) is 6.67. The summed E-state index contributed by atoms with van der Waals surface area (Å²) in [5.74, 6) is 3.56. The first-order chi connectivity index (χ1) is 30.3. The van der Waals surface area contributed by atoms with Crippen molar-refractivity contribution in [2.24, 2.45) is 11.8 Å². The second-order valence-electron chi connectivity index (χ2n) is 15.3. The molecule has 4 N–H and O–H groups in total. The molecule has 0 amide bonds. The number of nitrogens with two attached hydrogens (primary N) is 2. The second-order valence-corrected chi connectivity index (χ2v) is 15.7. The number of nitrogens with zero attached hydrogens (tertiary/aromatic N) is 10. The van der Waals surface area contributed by atoms with Crippen LogP contribution in [0.4, 0.5) is 11.9 Å². The first kappa shape index (κ1) is 48.9. The standard InChI is InChI=1S/C23H24N6O2.C22H21ClN6O.CH3O.Na/c1-14(2)23(3,18-8-5-15(6-9-18)17-12-26-22(24)27-13-17)21-28-20(31-29-21)16-7-10-19(30-4)25-11-16;1-13(2)22(3,20-28-19(30-29-20)15-6-9-18(23)25-10-15)17-7-4-14(5-8-17)16-11-26-21(24)27-12-16;1-2;/h5-14H,1-4H3,(H2,24,26,27);4-13H,1-3H3,(H2,24,26,27);1H3;/q;;-1;+1. The molecule has 6 aromatic heterocycles. The Hall–Kier alpha value is -6.17.